The second-order valence-electron chi connectivity index (χ2n) is 4.88. The largest absolute Gasteiger partial charge is 0.496 e. The van der Waals surface area contributed by atoms with Crippen LogP contribution in [0.15, 0.2) is 18.2 Å². The molecule has 1 fully saturated rings. The number of benzene rings is 1. The maximum absolute atomic E-state index is 5.71. The third-order valence-corrected chi connectivity index (χ3v) is 3.78. The highest BCUT2D eigenvalue weighted by atomic mass is 16.5. The topological polar surface area (TPSA) is 39.7 Å². The maximum Gasteiger partial charge on any atom is 0.127 e. The molecular weight excluding hydrogens is 242 g/mol. The molecular formula is C15H23NO3. The van der Waals surface area contributed by atoms with E-state index in [2.05, 4.69) is 5.32 Å². The van der Waals surface area contributed by atoms with Crippen LogP contribution in [-0.4, -0.2) is 34.5 Å². The Kier molecular flexibility index (Phi) is 4.66. The van der Waals surface area contributed by atoms with Crippen LogP contribution in [0.1, 0.15) is 24.4 Å². The summed E-state index contributed by atoms with van der Waals surface area (Å²) in [6, 6.07) is 5.93. The summed E-state index contributed by atoms with van der Waals surface area (Å²) < 4.78 is 16.7. The highest BCUT2D eigenvalue weighted by Gasteiger charge is 2.39. The summed E-state index contributed by atoms with van der Waals surface area (Å²) in [5.41, 5.74) is 1.04. The van der Waals surface area contributed by atoms with E-state index in [9.17, 15) is 0 Å². The molecule has 2 unspecified atom stereocenters. The number of rotatable bonds is 7. The van der Waals surface area contributed by atoms with Gasteiger partial charge in [0.2, 0.25) is 0 Å². The van der Waals surface area contributed by atoms with Gasteiger partial charge in [0.1, 0.15) is 11.5 Å². The molecule has 1 N–H and O–H groups in total. The van der Waals surface area contributed by atoms with E-state index < -0.39 is 0 Å². The average molecular weight is 265 g/mol. The van der Waals surface area contributed by atoms with Gasteiger partial charge in [0.15, 0.2) is 0 Å². The molecule has 4 nitrogen and oxygen atoms in total. The van der Waals surface area contributed by atoms with E-state index in [4.69, 9.17) is 14.2 Å². The highest BCUT2D eigenvalue weighted by molar-refractivity contribution is 5.47. The first kappa shape index (κ1) is 14.2. The first-order valence-electron chi connectivity index (χ1n) is 6.67. The molecule has 1 aromatic rings. The first-order valence-corrected chi connectivity index (χ1v) is 6.67. The third kappa shape index (κ3) is 2.85. The van der Waals surface area contributed by atoms with E-state index in [1.54, 1.807) is 21.3 Å². The highest BCUT2D eigenvalue weighted by Crippen LogP contribution is 2.44. The van der Waals surface area contributed by atoms with Crippen LogP contribution in [0.3, 0.4) is 0 Å². The molecule has 106 valence electrons. The SMILES string of the molecule is CNC(c1c(OC)cccc1OC)C(OC)C1CC1. The lowest BCUT2D eigenvalue weighted by Gasteiger charge is -2.28. The van der Waals surface area contributed by atoms with Crippen LogP contribution in [-0.2, 0) is 4.74 Å². The van der Waals surface area contributed by atoms with Crippen molar-refractivity contribution in [1.82, 2.24) is 5.32 Å². The number of likely N-dealkylation sites (N-methyl/N-ethyl adjacent to an activating group) is 1. The molecule has 1 aliphatic rings. The number of ether oxygens (including phenoxy) is 3. The van der Waals surface area contributed by atoms with E-state index >= 15 is 0 Å². The molecule has 0 bridgehead atoms. The molecule has 1 saturated carbocycles. The summed E-state index contributed by atoms with van der Waals surface area (Å²) in [7, 11) is 7.09. The predicted molar refractivity (Wildman–Crippen MR) is 74.9 cm³/mol. The van der Waals surface area contributed by atoms with Gasteiger partial charge in [-0.2, -0.15) is 0 Å². The molecule has 0 aliphatic heterocycles. The van der Waals surface area contributed by atoms with Gasteiger partial charge in [-0.1, -0.05) is 6.07 Å². The summed E-state index contributed by atoms with van der Waals surface area (Å²) in [4.78, 5) is 0. The molecule has 2 atom stereocenters. The summed E-state index contributed by atoms with van der Waals surface area (Å²) >= 11 is 0. The summed E-state index contributed by atoms with van der Waals surface area (Å²) in [6.45, 7) is 0. The zero-order valence-corrected chi connectivity index (χ0v) is 12.1. The van der Waals surface area contributed by atoms with Gasteiger partial charge in [-0.05, 0) is 37.9 Å². The molecule has 0 radical (unpaired) electrons. The molecule has 0 aromatic heterocycles. The standard InChI is InChI=1S/C15H23NO3/c1-16-14(15(19-4)10-8-9-10)13-11(17-2)6-5-7-12(13)18-3/h5-7,10,14-16H,8-9H2,1-4H3. The van der Waals surface area contributed by atoms with Gasteiger partial charge in [-0.3, -0.25) is 0 Å². The van der Waals surface area contributed by atoms with Crippen LogP contribution in [0, 0.1) is 5.92 Å². The van der Waals surface area contributed by atoms with Gasteiger partial charge in [-0.15, -0.1) is 0 Å². The fourth-order valence-corrected chi connectivity index (χ4v) is 2.68. The Hall–Kier alpha value is -1.26. The van der Waals surface area contributed by atoms with Gasteiger partial charge < -0.3 is 19.5 Å². The monoisotopic (exact) mass is 265 g/mol. The van der Waals surface area contributed by atoms with Crippen molar-refractivity contribution >= 4 is 0 Å². The lowest BCUT2D eigenvalue weighted by Crippen LogP contribution is -2.33. The Morgan fingerprint density at radius 3 is 2.05 bits per heavy atom. The molecule has 2 rings (SSSR count). The summed E-state index contributed by atoms with van der Waals surface area (Å²) in [6.07, 6.45) is 2.61. The van der Waals surface area contributed by atoms with Crippen LogP contribution < -0.4 is 14.8 Å². The fraction of sp³-hybridized carbons (Fsp3) is 0.600. The fourth-order valence-electron chi connectivity index (χ4n) is 2.68. The van der Waals surface area contributed by atoms with Crippen LogP contribution in [0.2, 0.25) is 0 Å². The Bertz CT molecular complexity index is 396. The Morgan fingerprint density at radius 1 is 1.11 bits per heavy atom. The average Bonchev–Trinajstić information content (AvgIpc) is 3.28. The minimum Gasteiger partial charge on any atom is -0.496 e. The van der Waals surface area contributed by atoms with E-state index in [0.29, 0.717) is 5.92 Å². The molecule has 0 amide bonds. The molecule has 19 heavy (non-hydrogen) atoms. The van der Waals surface area contributed by atoms with Crippen LogP contribution in [0.5, 0.6) is 11.5 Å². The van der Waals surface area contributed by atoms with E-state index in [1.165, 1.54) is 12.8 Å². The second-order valence-corrected chi connectivity index (χ2v) is 4.88. The van der Waals surface area contributed by atoms with Crippen molar-refractivity contribution in [3.8, 4) is 11.5 Å². The van der Waals surface area contributed by atoms with E-state index in [1.807, 2.05) is 25.2 Å². The molecule has 4 heteroatoms. The van der Waals surface area contributed by atoms with Gasteiger partial charge in [0.25, 0.3) is 0 Å². The van der Waals surface area contributed by atoms with Crippen LogP contribution >= 0.6 is 0 Å². The number of nitrogens with one attached hydrogen (secondary N) is 1. The molecule has 1 aliphatic carbocycles. The Balaban J connectivity index is 2.40. The zero-order valence-electron chi connectivity index (χ0n) is 12.1. The molecule has 0 spiro atoms. The van der Waals surface area contributed by atoms with Crippen molar-refractivity contribution in [3.63, 3.8) is 0 Å². The molecule has 0 saturated heterocycles. The van der Waals surface area contributed by atoms with Crippen molar-refractivity contribution in [2.75, 3.05) is 28.4 Å². The first-order chi connectivity index (χ1) is 9.26. The van der Waals surface area contributed by atoms with E-state index in [-0.39, 0.29) is 12.1 Å². The van der Waals surface area contributed by atoms with Crippen molar-refractivity contribution in [2.24, 2.45) is 5.92 Å². The lowest BCUT2D eigenvalue weighted by atomic mass is 9.96. The van der Waals surface area contributed by atoms with Crippen molar-refractivity contribution in [3.05, 3.63) is 23.8 Å². The number of methoxy groups -OCH3 is 3. The molecule has 0 heterocycles. The van der Waals surface area contributed by atoms with Gasteiger partial charge in [0.05, 0.1) is 31.9 Å². The molecule has 1 aromatic carbocycles. The Labute approximate surface area is 115 Å². The maximum atomic E-state index is 5.71. The third-order valence-electron chi connectivity index (χ3n) is 3.78. The van der Waals surface area contributed by atoms with E-state index in [0.717, 1.165) is 17.1 Å². The normalized spacial score (nSPS) is 17.9. The van der Waals surface area contributed by atoms with Crippen LogP contribution in [0.4, 0.5) is 0 Å². The smallest absolute Gasteiger partial charge is 0.127 e. The summed E-state index contributed by atoms with van der Waals surface area (Å²) in [5, 5.41) is 3.36. The minimum absolute atomic E-state index is 0.0728. The zero-order chi connectivity index (χ0) is 13.8. The van der Waals surface area contributed by atoms with Crippen LogP contribution in [0.25, 0.3) is 0 Å². The van der Waals surface area contributed by atoms with Crippen molar-refractivity contribution in [1.29, 1.82) is 0 Å². The number of hydrogen-bond acceptors (Lipinski definition) is 4. The van der Waals surface area contributed by atoms with Crippen molar-refractivity contribution < 1.29 is 14.2 Å². The quantitative estimate of drug-likeness (QED) is 0.821. The Morgan fingerprint density at radius 2 is 1.68 bits per heavy atom. The van der Waals surface area contributed by atoms with Crippen molar-refractivity contribution in [2.45, 2.75) is 25.0 Å². The summed E-state index contributed by atoms with van der Waals surface area (Å²) in [5.74, 6) is 2.29. The number of hydrogen-bond donors (Lipinski definition) is 1. The van der Waals surface area contributed by atoms with Gasteiger partial charge in [-0.25, -0.2) is 0 Å². The predicted octanol–water partition coefficient (Wildman–Crippen LogP) is 2.39. The van der Waals surface area contributed by atoms with Gasteiger partial charge in [0, 0.05) is 7.11 Å². The van der Waals surface area contributed by atoms with Gasteiger partial charge >= 0.3 is 0 Å². The second kappa shape index (κ2) is 6.26. The minimum atomic E-state index is 0.0728. The lowest BCUT2D eigenvalue weighted by molar-refractivity contribution is 0.0515.